The number of amides is 2. The van der Waals surface area contributed by atoms with Gasteiger partial charge in [-0.2, -0.15) is 0 Å². The first-order valence-electron chi connectivity index (χ1n) is 11.9. The van der Waals surface area contributed by atoms with Crippen LogP contribution in [0.4, 0.5) is 23.1 Å². The average Bonchev–Trinajstić information content (AvgIpc) is 3.27. The molecule has 0 radical (unpaired) electrons. The Labute approximate surface area is 204 Å². The summed E-state index contributed by atoms with van der Waals surface area (Å²) in [5.74, 6) is 1.96. The number of carbonyl (C=O) groups is 2. The second-order valence-electron chi connectivity index (χ2n) is 9.09. The van der Waals surface area contributed by atoms with Crippen LogP contribution in [0.2, 0.25) is 0 Å². The number of nitrogens with one attached hydrogen (secondary N) is 1. The van der Waals surface area contributed by atoms with Crippen molar-refractivity contribution in [2.75, 3.05) is 47.8 Å². The van der Waals surface area contributed by atoms with Crippen molar-refractivity contribution in [1.82, 2.24) is 19.9 Å². The lowest BCUT2D eigenvalue weighted by Crippen LogP contribution is -2.51. The highest BCUT2D eigenvalue weighted by atomic mass is 16.2. The zero-order valence-electron chi connectivity index (χ0n) is 20.0. The van der Waals surface area contributed by atoms with Crippen LogP contribution in [0.3, 0.4) is 0 Å². The molecule has 9 heteroatoms. The van der Waals surface area contributed by atoms with Gasteiger partial charge in [-0.1, -0.05) is 12.1 Å². The molecular formula is C26H29N7O2. The first-order chi connectivity index (χ1) is 17.0. The first-order valence-corrected chi connectivity index (χ1v) is 11.9. The quantitative estimate of drug-likeness (QED) is 0.611. The number of carbonyl (C=O) groups excluding carboxylic acids is 2. The normalized spacial score (nSPS) is 18.2. The van der Waals surface area contributed by atoms with Crippen LogP contribution in [0.5, 0.6) is 0 Å². The van der Waals surface area contributed by atoms with E-state index < -0.39 is 0 Å². The van der Waals surface area contributed by atoms with Crippen molar-refractivity contribution in [1.29, 1.82) is 0 Å². The molecule has 2 amide bonds. The number of hydrogen-bond acceptors (Lipinski definition) is 7. The fraction of sp³-hybridized carbons (Fsp3) is 0.346. The number of aryl methyl sites for hydroxylation is 2. The third kappa shape index (κ3) is 4.94. The van der Waals surface area contributed by atoms with Crippen molar-refractivity contribution in [3.63, 3.8) is 0 Å². The molecule has 2 saturated heterocycles. The molecule has 2 aliphatic rings. The second kappa shape index (κ2) is 9.69. The van der Waals surface area contributed by atoms with E-state index in [2.05, 4.69) is 32.1 Å². The molecule has 2 fully saturated rings. The third-order valence-electron chi connectivity index (χ3n) is 6.77. The molecule has 0 saturated carbocycles. The molecule has 1 N–H and O–H groups in total. The number of anilines is 4. The summed E-state index contributed by atoms with van der Waals surface area (Å²) < 4.78 is 0. The van der Waals surface area contributed by atoms with E-state index in [9.17, 15) is 9.59 Å². The molecule has 2 aromatic heterocycles. The summed E-state index contributed by atoms with van der Waals surface area (Å²) in [6.45, 7) is 7.07. The van der Waals surface area contributed by atoms with E-state index in [0.717, 1.165) is 17.1 Å². The van der Waals surface area contributed by atoms with Crippen molar-refractivity contribution in [2.45, 2.75) is 20.3 Å². The first kappa shape index (κ1) is 22.8. The van der Waals surface area contributed by atoms with Crippen LogP contribution in [0, 0.1) is 19.8 Å². The minimum Gasteiger partial charge on any atom is -0.353 e. The van der Waals surface area contributed by atoms with Gasteiger partial charge < -0.3 is 20.0 Å². The second-order valence-corrected chi connectivity index (χ2v) is 9.09. The zero-order valence-corrected chi connectivity index (χ0v) is 20.0. The van der Waals surface area contributed by atoms with Gasteiger partial charge in [0, 0.05) is 57.1 Å². The Hall–Kier alpha value is -4.01. The minimum absolute atomic E-state index is 0.0131. The van der Waals surface area contributed by atoms with Crippen LogP contribution in [-0.2, 0) is 9.59 Å². The van der Waals surface area contributed by atoms with Crippen molar-refractivity contribution in [2.24, 2.45) is 5.92 Å². The van der Waals surface area contributed by atoms with Crippen molar-refractivity contribution in [3.8, 4) is 0 Å². The number of nitrogens with zero attached hydrogens (tertiary/aromatic N) is 6. The SMILES string of the molecule is Cc1ccc(N2CC(C(=O)N3CCN(c4cc(Nc5ccccn5)ncn4)CC3)CC2=O)cc1C. The van der Waals surface area contributed by atoms with Gasteiger partial charge in [0.05, 0.1) is 5.92 Å². The van der Waals surface area contributed by atoms with E-state index in [4.69, 9.17) is 0 Å². The van der Waals surface area contributed by atoms with Gasteiger partial charge in [0.1, 0.15) is 23.8 Å². The Balaban J connectivity index is 1.18. The van der Waals surface area contributed by atoms with E-state index >= 15 is 0 Å². The van der Waals surface area contributed by atoms with Crippen LogP contribution in [-0.4, -0.2) is 64.4 Å². The summed E-state index contributed by atoms with van der Waals surface area (Å²) in [5.41, 5.74) is 3.20. The number of pyridine rings is 1. The Morgan fingerprint density at radius 3 is 2.51 bits per heavy atom. The Morgan fingerprint density at radius 1 is 0.943 bits per heavy atom. The van der Waals surface area contributed by atoms with Crippen LogP contribution in [0.1, 0.15) is 17.5 Å². The van der Waals surface area contributed by atoms with Gasteiger partial charge in [0.2, 0.25) is 11.8 Å². The summed E-state index contributed by atoms with van der Waals surface area (Å²) >= 11 is 0. The van der Waals surface area contributed by atoms with Gasteiger partial charge in [-0.25, -0.2) is 15.0 Å². The molecule has 180 valence electrons. The van der Waals surface area contributed by atoms with E-state index in [1.54, 1.807) is 11.1 Å². The highest BCUT2D eigenvalue weighted by molar-refractivity contribution is 6.00. The molecule has 0 aliphatic carbocycles. The van der Waals surface area contributed by atoms with Gasteiger partial charge in [-0.15, -0.1) is 0 Å². The lowest BCUT2D eigenvalue weighted by molar-refractivity contribution is -0.136. The average molecular weight is 472 g/mol. The Morgan fingerprint density at radius 2 is 1.77 bits per heavy atom. The molecule has 0 spiro atoms. The number of hydrogen-bond donors (Lipinski definition) is 1. The van der Waals surface area contributed by atoms with E-state index in [-0.39, 0.29) is 24.2 Å². The summed E-state index contributed by atoms with van der Waals surface area (Å²) in [6, 6.07) is 13.6. The number of piperazine rings is 1. The number of rotatable bonds is 5. The Bertz CT molecular complexity index is 1230. The highest BCUT2D eigenvalue weighted by Gasteiger charge is 2.38. The molecule has 5 rings (SSSR count). The number of benzene rings is 1. The van der Waals surface area contributed by atoms with Gasteiger partial charge in [-0.3, -0.25) is 9.59 Å². The zero-order chi connectivity index (χ0) is 24.4. The molecule has 35 heavy (non-hydrogen) atoms. The molecule has 1 aromatic carbocycles. The predicted octanol–water partition coefficient (Wildman–Crippen LogP) is 2.93. The molecule has 1 unspecified atom stereocenters. The third-order valence-corrected chi connectivity index (χ3v) is 6.77. The standard InChI is InChI=1S/C26H29N7O2/c1-18-6-7-21(13-19(18)2)33-16-20(14-25(33)34)26(35)32-11-9-31(10-12-32)24-15-23(28-17-29-24)30-22-5-3-4-8-27-22/h3-8,13,15,17,20H,9-12,14,16H2,1-2H3,(H,27,28,29,30). The summed E-state index contributed by atoms with van der Waals surface area (Å²) in [7, 11) is 0. The maximum atomic E-state index is 13.2. The molecule has 1 atom stereocenters. The van der Waals surface area contributed by atoms with Crippen molar-refractivity contribution < 1.29 is 9.59 Å². The van der Waals surface area contributed by atoms with Gasteiger partial charge in [0.15, 0.2) is 0 Å². The van der Waals surface area contributed by atoms with Crippen LogP contribution in [0.15, 0.2) is 55.0 Å². The summed E-state index contributed by atoms with van der Waals surface area (Å²) in [4.78, 5) is 44.7. The topological polar surface area (TPSA) is 94.6 Å². The monoisotopic (exact) mass is 471 g/mol. The minimum atomic E-state index is -0.302. The maximum absolute atomic E-state index is 13.2. The molecule has 0 bridgehead atoms. The fourth-order valence-corrected chi connectivity index (χ4v) is 4.59. The van der Waals surface area contributed by atoms with Gasteiger partial charge >= 0.3 is 0 Å². The fourth-order valence-electron chi connectivity index (χ4n) is 4.59. The van der Waals surface area contributed by atoms with Crippen LogP contribution in [0.25, 0.3) is 0 Å². The maximum Gasteiger partial charge on any atom is 0.228 e. The molecular weight excluding hydrogens is 442 g/mol. The van der Waals surface area contributed by atoms with E-state index in [0.29, 0.717) is 44.4 Å². The summed E-state index contributed by atoms with van der Waals surface area (Å²) in [6.07, 6.45) is 3.52. The predicted molar refractivity (Wildman–Crippen MR) is 135 cm³/mol. The van der Waals surface area contributed by atoms with Gasteiger partial charge in [-0.05, 0) is 49.2 Å². The van der Waals surface area contributed by atoms with Gasteiger partial charge in [0.25, 0.3) is 0 Å². The number of aromatic nitrogens is 3. The van der Waals surface area contributed by atoms with E-state index in [1.807, 2.05) is 54.3 Å². The molecule has 3 aromatic rings. The van der Waals surface area contributed by atoms with Crippen LogP contribution < -0.4 is 15.1 Å². The molecule has 4 heterocycles. The van der Waals surface area contributed by atoms with Crippen molar-refractivity contribution >= 4 is 35.0 Å². The largest absolute Gasteiger partial charge is 0.353 e. The smallest absolute Gasteiger partial charge is 0.228 e. The van der Waals surface area contributed by atoms with E-state index in [1.165, 1.54) is 11.9 Å². The lowest BCUT2D eigenvalue weighted by atomic mass is 10.1. The summed E-state index contributed by atoms with van der Waals surface area (Å²) in [5, 5.41) is 3.19. The molecule has 2 aliphatic heterocycles. The molecule has 9 nitrogen and oxygen atoms in total. The van der Waals surface area contributed by atoms with Crippen molar-refractivity contribution in [3.05, 3.63) is 66.1 Å². The Kier molecular flexibility index (Phi) is 6.31. The van der Waals surface area contributed by atoms with Crippen LogP contribution >= 0.6 is 0 Å². The highest BCUT2D eigenvalue weighted by Crippen LogP contribution is 2.28. The lowest BCUT2D eigenvalue weighted by Gasteiger charge is -2.36.